The normalized spacial score (nSPS) is 22.2. The van der Waals surface area contributed by atoms with E-state index in [1.54, 1.807) is 17.8 Å². The summed E-state index contributed by atoms with van der Waals surface area (Å²) in [6.45, 7) is 0.116. The molecule has 7 heteroatoms. The molecule has 0 bridgehead atoms. The van der Waals surface area contributed by atoms with Crippen molar-refractivity contribution in [1.82, 2.24) is 5.32 Å². The van der Waals surface area contributed by atoms with E-state index in [0.29, 0.717) is 12.2 Å². The number of rotatable bonds is 4. The monoisotopic (exact) mass is 282 g/mol. The first kappa shape index (κ1) is 13.8. The summed E-state index contributed by atoms with van der Waals surface area (Å²) < 4.78 is 0. The number of carbonyl (C=O) groups is 1. The van der Waals surface area contributed by atoms with Gasteiger partial charge in [0.05, 0.1) is 10.5 Å². The summed E-state index contributed by atoms with van der Waals surface area (Å²) in [5.41, 5.74) is -1.11. The van der Waals surface area contributed by atoms with Crippen molar-refractivity contribution >= 4 is 23.4 Å². The molecule has 0 radical (unpaired) electrons. The molecule has 0 saturated carbocycles. The summed E-state index contributed by atoms with van der Waals surface area (Å²) in [4.78, 5) is 22.2. The van der Waals surface area contributed by atoms with Gasteiger partial charge in [0.15, 0.2) is 0 Å². The Balaban J connectivity index is 2.06. The first-order valence-corrected chi connectivity index (χ1v) is 6.99. The van der Waals surface area contributed by atoms with Crippen LogP contribution in [0.4, 0.5) is 5.69 Å². The largest absolute Gasteiger partial charge is 0.387 e. The third kappa shape index (κ3) is 3.24. The van der Waals surface area contributed by atoms with Crippen molar-refractivity contribution in [3.05, 3.63) is 39.9 Å². The van der Waals surface area contributed by atoms with Crippen molar-refractivity contribution in [3.63, 3.8) is 0 Å². The first-order valence-electron chi connectivity index (χ1n) is 5.84. The number of amides is 1. The molecular formula is C12H14N2O4S. The number of aliphatic hydroxyl groups is 1. The van der Waals surface area contributed by atoms with Gasteiger partial charge in [-0.15, -0.1) is 0 Å². The lowest BCUT2D eigenvalue weighted by Crippen LogP contribution is -2.43. The number of nitrogens with zero attached hydrogens (tertiary/aromatic N) is 1. The number of para-hydroxylation sites is 1. The van der Waals surface area contributed by atoms with E-state index in [0.717, 1.165) is 5.75 Å². The Kier molecular flexibility index (Phi) is 4.06. The lowest BCUT2D eigenvalue weighted by atomic mass is 10.0. The number of nitro groups is 1. The number of nitro benzene ring substituents is 1. The number of thioether (sulfide) groups is 1. The third-order valence-corrected chi connectivity index (χ3v) is 4.24. The fraction of sp³-hybridized carbons (Fsp3) is 0.417. The average molecular weight is 282 g/mol. The van der Waals surface area contributed by atoms with Crippen LogP contribution in [0.15, 0.2) is 24.3 Å². The lowest BCUT2D eigenvalue weighted by molar-refractivity contribution is -0.385. The maximum Gasteiger partial charge on any atom is 0.282 e. The van der Waals surface area contributed by atoms with E-state index in [4.69, 9.17) is 0 Å². The SMILES string of the molecule is O=C(NC[C@@]1(O)CCSC1)c1ccccc1[N+](=O)[O-]. The number of hydrogen-bond donors (Lipinski definition) is 2. The van der Waals surface area contributed by atoms with Crippen LogP contribution in [-0.2, 0) is 0 Å². The highest BCUT2D eigenvalue weighted by molar-refractivity contribution is 7.99. The van der Waals surface area contributed by atoms with Gasteiger partial charge in [-0.3, -0.25) is 14.9 Å². The third-order valence-electron chi connectivity index (χ3n) is 3.01. The Morgan fingerprint density at radius 1 is 1.53 bits per heavy atom. The summed E-state index contributed by atoms with van der Waals surface area (Å²) in [7, 11) is 0. The van der Waals surface area contributed by atoms with Gasteiger partial charge >= 0.3 is 0 Å². The minimum absolute atomic E-state index is 0.0155. The summed E-state index contributed by atoms with van der Waals surface area (Å²) in [5.74, 6) is 0.903. The maximum atomic E-state index is 11.9. The molecular weight excluding hydrogens is 268 g/mol. The molecule has 1 saturated heterocycles. The fourth-order valence-corrected chi connectivity index (χ4v) is 3.20. The van der Waals surface area contributed by atoms with Crippen molar-refractivity contribution in [2.75, 3.05) is 18.1 Å². The molecule has 102 valence electrons. The van der Waals surface area contributed by atoms with E-state index in [2.05, 4.69) is 5.32 Å². The molecule has 6 nitrogen and oxygen atoms in total. The molecule has 0 aliphatic carbocycles. The molecule has 19 heavy (non-hydrogen) atoms. The molecule has 1 heterocycles. The molecule has 1 fully saturated rings. The van der Waals surface area contributed by atoms with Gasteiger partial charge in [-0.1, -0.05) is 12.1 Å². The quantitative estimate of drug-likeness (QED) is 0.639. The van der Waals surface area contributed by atoms with Gasteiger partial charge in [-0.05, 0) is 18.2 Å². The van der Waals surface area contributed by atoms with Gasteiger partial charge in [0, 0.05) is 18.4 Å². The van der Waals surface area contributed by atoms with Crippen LogP contribution in [0.3, 0.4) is 0 Å². The highest BCUT2D eigenvalue weighted by Crippen LogP contribution is 2.27. The molecule has 1 aromatic carbocycles. The van der Waals surface area contributed by atoms with E-state index < -0.39 is 16.4 Å². The predicted octanol–water partition coefficient (Wildman–Crippen LogP) is 1.19. The highest BCUT2D eigenvalue weighted by Gasteiger charge is 2.32. The Labute approximate surface area is 114 Å². The summed E-state index contributed by atoms with van der Waals surface area (Å²) >= 11 is 1.63. The standard InChI is InChI=1S/C12H14N2O4S/c15-11(13-7-12(16)5-6-19-8-12)9-3-1-2-4-10(9)14(17)18/h1-4,16H,5-8H2,(H,13,15)/t12-/m0/s1. The Hall–Kier alpha value is -1.60. The number of hydrogen-bond acceptors (Lipinski definition) is 5. The number of benzene rings is 1. The van der Waals surface area contributed by atoms with Crippen molar-refractivity contribution in [3.8, 4) is 0 Å². The van der Waals surface area contributed by atoms with Crippen LogP contribution >= 0.6 is 11.8 Å². The smallest absolute Gasteiger partial charge is 0.282 e. The van der Waals surface area contributed by atoms with E-state index >= 15 is 0 Å². The summed E-state index contributed by atoms with van der Waals surface area (Å²) in [6, 6.07) is 5.77. The van der Waals surface area contributed by atoms with Crippen LogP contribution in [0.5, 0.6) is 0 Å². The van der Waals surface area contributed by atoms with Crippen molar-refractivity contribution in [1.29, 1.82) is 0 Å². The van der Waals surface area contributed by atoms with Crippen LogP contribution in [0.2, 0.25) is 0 Å². The minimum Gasteiger partial charge on any atom is -0.387 e. The van der Waals surface area contributed by atoms with Gasteiger partial charge in [0.25, 0.3) is 11.6 Å². The van der Waals surface area contributed by atoms with Crippen LogP contribution < -0.4 is 5.32 Å². The van der Waals surface area contributed by atoms with Crippen LogP contribution in [0.25, 0.3) is 0 Å². The van der Waals surface area contributed by atoms with Crippen LogP contribution in [-0.4, -0.2) is 39.6 Å². The molecule has 1 aromatic rings. The van der Waals surface area contributed by atoms with E-state index in [-0.39, 0.29) is 17.8 Å². The van der Waals surface area contributed by atoms with Crippen LogP contribution in [0, 0.1) is 10.1 Å². The van der Waals surface area contributed by atoms with Gasteiger partial charge in [-0.2, -0.15) is 11.8 Å². The topological polar surface area (TPSA) is 92.5 Å². The molecule has 1 atom stereocenters. The lowest BCUT2D eigenvalue weighted by Gasteiger charge is -2.21. The van der Waals surface area contributed by atoms with Crippen molar-refractivity contribution in [2.24, 2.45) is 0 Å². The zero-order valence-corrected chi connectivity index (χ0v) is 11.0. The van der Waals surface area contributed by atoms with E-state index in [1.807, 2.05) is 0 Å². The Morgan fingerprint density at radius 3 is 2.89 bits per heavy atom. The van der Waals surface area contributed by atoms with E-state index in [9.17, 15) is 20.0 Å². The first-order chi connectivity index (χ1) is 9.02. The molecule has 0 spiro atoms. The molecule has 0 aromatic heterocycles. The molecule has 1 aliphatic heterocycles. The van der Waals surface area contributed by atoms with Gasteiger partial charge in [0.2, 0.25) is 0 Å². The average Bonchev–Trinajstić information content (AvgIpc) is 2.83. The second kappa shape index (κ2) is 5.58. The highest BCUT2D eigenvalue weighted by atomic mass is 32.2. The van der Waals surface area contributed by atoms with Gasteiger partial charge in [0.1, 0.15) is 5.56 Å². The van der Waals surface area contributed by atoms with E-state index in [1.165, 1.54) is 18.2 Å². The fourth-order valence-electron chi connectivity index (χ4n) is 1.90. The van der Waals surface area contributed by atoms with Gasteiger partial charge in [-0.25, -0.2) is 0 Å². The zero-order valence-electron chi connectivity index (χ0n) is 10.2. The molecule has 2 rings (SSSR count). The molecule has 0 unspecified atom stereocenters. The van der Waals surface area contributed by atoms with Crippen LogP contribution in [0.1, 0.15) is 16.8 Å². The Morgan fingerprint density at radius 2 is 2.26 bits per heavy atom. The maximum absolute atomic E-state index is 11.9. The molecule has 1 aliphatic rings. The second-order valence-electron chi connectivity index (χ2n) is 4.48. The zero-order chi connectivity index (χ0) is 13.9. The minimum atomic E-state index is -0.899. The predicted molar refractivity (Wildman–Crippen MR) is 72.3 cm³/mol. The van der Waals surface area contributed by atoms with Crippen molar-refractivity contribution in [2.45, 2.75) is 12.0 Å². The number of carbonyl (C=O) groups excluding carboxylic acids is 1. The number of nitrogens with one attached hydrogen (secondary N) is 1. The summed E-state index contributed by atoms with van der Waals surface area (Å²) in [6.07, 6.45) is 0.620. The van der Waals surface area contributed by atoms with Crippen molar-refractivity contribution < 1.29 is 14.8 Å². The van der Waals surface area contributed by atoms with Gasteiger partial charge < -0.3 is 10.4 Å². The summed E-state index contributed by atoms with van der Waals surface area (Å²) in [5, 5.41) is 23.5. The molecule has 1 amide bonds. The molecule has 2 N–H and O–H groups in total. The second-order valence-corrected chi connectivity index (χ2v) is 5.59. The Bertz CT molecular complexity index is 500.